The molecule has 0 spiro atoms. The normalized spacial score (nSPS) is 10.3. The molecule has 0 aliphatic heterocycles. The predicted molar refractivity (Wildman–Crippen MR) is 111 cm³/mol. The molecule has 9 heteroatoms. The molecule has 0 saturated carbocycles. The lowest BCUT2D eigenvalue weighted by Gasteiger charge is -2.07. The van der Waals surface area contributed by atoms with Crippen LogP contribution in [0.4, 0.5) is 11.4 Å². The van der Waals surface area contributed by atoms with E-state index in [0.717, 1.165) is 12.0 Å². The van der Waals surface area contributed by atoms with Crippen molar-refractivity contribution in [1.29, 1.82) is 0 Å². The van der Waals surface area contributed by atoms with E-state index in [0.29, 0.717) is 23.6 Å². The van der Waals surface area contributed by atoms with Crippen LogP contribution >= 0.6 is 11.8 Å². The number of benzene rings is 2. The van der Waals surface area contributed by atoms with E-state index in [1.807, 2.05) is 6.92 Å². The van der Waals surface area contributed by atoms with Crippen LogP contribution in [0.1, 0.15) is 29.3 Å². The molecule has 0 atom stereocenters. The molecule has 2 aromatic carbocycles. The Morgan fingerprint density at radius 1 is 1.17 bits per heavy atom. The third-order valence-corrected chi connectivity index (χ3v) is 4.79. The molecule has 29 heavy (non-hydrogen) atoms. The van der Waals surface area contributed by atoms with Crippen LogP contribution in [0.15, 0.2) is 42.5 Å². The van der Waals surface area contributed by atoms with Crippen molar-refractivity contribution in [3.05, 3.63) is 63.7 Å². The van der Waals surface area contributed by atoms with Gasteiger partial charge in [-0.3, -0.25) is 14.9 Å². The quantitative estimate of drug-likeness (QED) is 0.352. The molecular formula is C20H22N2O6S. The van der Waals surface area contributed by atoms with E-state index < -0.39 is 10.9 Å². The van der Waals surface area contributed by atoms with Crippen molar-refractivity contribution in [3.63, 3.8) is 0 Å². The van der Waals surface area contributed by atoms with Crippen molar-refractivity contribution in [2.24, 2.45) is 0 Å². The monoisotopic (exact) mass is 418 g/mol. The van der Waals surface area contributed by atoms with E-state index in [2.05, 4.69) is 5.32 Å². The molecule has 0 aromatic heterocycles. The van der Waals surface area contributed by atoms with Crippen LogP contribution in [-0.2, 0) is 15.3 Å². The van der Waals surface area contributed by atoms with Gasteiger partial charge < -0.3 is 14.8 Å². The number of nitro groups is 1. The SMILES string of the molecule is CCCOC(=O)c1ccc(NC(=O)CSCc2ccc(OC)c([N+](=O)[O-])c2)cc1. The maximum Gasteiger partial charge on any atom is 0.338 e. The Kier molecular flexibility index (Phi) is 8.47. The van der Waals surface area contributed by atoms with E-state index in [4.69, 9.17) is 9.47 Å². The largest absolute Gasteiger partial charge is 0.490 e. The standard InChI is InChI=1S/C20H22N2O6S/c1-3-10-28-20(24)15-5-7-16(8-6-15)21-19(23)13-29-12-14-4-9-18(27-2)17(11-14)22(25)26/h4-9,11H,3,10,12-13H2,1-2H3,(H,21,23). The maximum absolute atomic E-state index is 12.1. The second-order valence-corrected chi connectivity index (χ2v) is 7.00. The molecular weight excluding hydrogens is 396 g/mol. The molecule has 0 bridgehead atoms. The molecule has 2 rings (SSSR count). The van der Waals surface area contributed by atoms with E-state index >= 15 is 0 Å². The highest BCUT2D eigenvalue weighted by Crippen LogP contribution is 2.29. The van der Waals surface area contributed by atoms with Crippen LogP contribution in [0.5, 0.6) is 5.75 Å². The van der Waals surface area contributed by atoms with Gasteiger partial charge in [-0.2, -0.15) is 0 Å². The molecule has 0 aliphatic carbocycles. The molecule has 0 heterocycles. The number of hydrogen-bond donors (Lipinski definition) is 1. The highest BCUT2D eigenvalue weighted by atomic mass is 32.2. The van der Waals surface area contributed by atoms with Crippen LogP contribution in [-0.4, -0.2) is 36.3 Å². The van der Waals surface area contributed by atoms with E-state index in [9.17, 15) is 19.7 Å². The Morgan fingerprint density at radius 3 is 2.52 bits per heavy atom. The number of rotatable bonds is 10. The number of ether oxygens (including phenoxy) is 2. The van der Waals surface area contributed by atoms with Crippen molar-refractivity contribution in [2.45, 2.75) is 19.1 Å². The minimum Gasteiger partial charge on any atom is -0.490 e. The van der Waals surface area contributed by atoms with Crippen LogP contribution in [0.2, 0.25) is 0 Å². The average molecular weight is 418 g/mol. The lowest BCUT2D eigenvalue weighted by atomic mass is 10.2. The van der Waals surface area contributed by atoms with Gasteiger partial charge in [0.1, 0.15) is 0 Å². The van der Waals surface area contributed by atoms with Crippen LogP contribution < -0.4 is 10.1 Å². The summed E-state index contributed by atoms with van der Waals surface area (Å²) >= 11 is 1.34. The topological polar surface area (TPSA) is 108 Å². The summed E-state index contributed by atoms with van der Waals surface area (Å²) < 4.78 is 10.0. The fraction of sp³-hybridized carbons (Fsp3) is 0.300. The average Bonchev–Trinajstić information content (AvgIpc) is 2.72. The van der Waals surface area contributed by atoms with Crippen molar-refractivity contribution in [1.82, 2.24) is 0 Å². The number of anilines is 1. The number of amides is 1. The van der Waals surface area contributed by atoms with Crippen LogP contribution in [0, 0.1) is 10.1 Å². The van der Waals surface area contributed by atoms with Gasteiger partial charge in [-0.05, 0) is 42.3 Å². The van der Waals surface area contributed by atoms with E-state index in [1.165, 1.54) is 24.9 Å². The Hall–Kier alpha value is -3.07. The van der Waals surface area contributed by atoms with Crippen molar-refractivity contribution in [3.8, 4) is 5.75 Å². The summed E-state index contributed by atoms with van der Waals surface area (Å²) in [4.78, 5) is 34.4. The third-order valence-electron chi connectivity index (χ3n) is 3.78. The van der Waals surface area contributed by atoms with Gasteiger partial charge in [0, 0.05) is 17.5 Å². The van der Waals surface area contributed by atoms with Crippen molar-refractivity contribution < 1.29 is 24.0 Å². The number of nitrogens with zero attached hydrogens (tertiary/aromatic N) is 1. The van der Waals surface area contributed by atoms with E-state index in [-0.39, 0.29) is 23.1 Å². The van der Waals surface area contributed by atoms with Crippen molar-refractivity contribution >= 4 is 35.0 Å². The van der Waals surface area contributed by atoms with E-state index in [1.54, 1.807) is 36.4 Å². The fourth-order valence-corrected chi connectivity index (χ4v) is 3.17. The number of carbonyl (C=O) groups is 2. The number of thioether (sulfide) groups is 1. The number of nitro benzene ring substituents is 1. The van der Waals surface area contributed by atoms with Crippen molar-refractivity contribution in [2.75, 3.05) is 24.8 Å². The Labute approximate surface area is 172 Å². The molecule has 154 valence electrons. The Bertz CT molecular complexity index is 870. The van der Waals surface area contributed by atoms with Gasteiger partial charge in [-0.15, -0.1) is 11.8 Å². The zero-order valence-electron chi connectivity index (χ0n) is 16.2. The predicted octanol–water partition coefficient (Wildman–Crippen LogP) is 4.04. The minimum absolute atomic E-state index is 0.104. The second-order valence-electron chi connectivity index (χ2n) is 6.02. The van der Waals surface area contributed by atoms with Gasteiger partial charge in [-0.25, -0.2) is 4.79 Å². The molecule has 0 aliphatic rings. The first-order chi connectivity index (χ1) is 13.9. The first kappa shape index (κ1) is 22.2. The minimum atomic E-state index is -0.499. The zero-order chi connectivity index (χ0) is 21.2. The highest BCUT2D eigenvalue weighted by Gasteiger charge is 2.15. The zero-order valence-corrected chi connectivity index (χ0v) is 17.0. The molecule has 0 radical (unpaired) electrons. The number of esters is 1. The summed E-state index contributed by atoms with van der Waals surface area (Å²) in [6.07, 6.45) is 0.751. The molecule has 1 N–H and O–H groups in total. The van der Waals surface area contributed by atoms with Crippen LogP contribution in [0.25, 0.3) is 0 Å². The summed E-state index contributed by atoms with van der Waals surface area (Å²) in [6.45, 7) is 2.28. The molecule has 2 aromatic rings. The summed E-state index contributed by atoms with van der Waals surface area (Å²) in [5, 5.41) is 13.8. The molecule has 0 fully saturated rings. The van der Waals surface area contributed by atoms with Gasteiger partial charge in [-0.1, -0.05) is 13.0 Å². The number of carbonyl (C=O) groups excluding carboxylic acids is 2. The number of hydrogen-bond acceptors (Lipinski definition) is 7. The summed E-state index contributed by atoms with van der Waals surface area (Å²) in [7, 11) is 1.38. The molecule has 0 saturated heterocycles. The Morgan fingerprint density at radius 2 is 1.90 bits per heavy atom. The smallest absolute Gasteiger partial charge is 0.338 e. The molecule has 8 nitrogen and oxygen atoms in total. The van der Waals surface area contributed by atoms with Gasteiger partial charge in [0.15, 0.2) is 5.75 Å². The summed E-state index contributed by atoms with van der Waals surface area (Å²) in [5.41, 5.74) is 1.62. The summed E-state index contributed by atoms with van der Waals surface area (Å²) in [6, 6.07) is 11.2. The number of nitrogens with one attached hydrogen (secondary N) is 1. The second kappa shape index (κ2) is 11.1. The van der Waals surface area contributed by atoms with Gasteiger partial charge in [0.05, 0.1) is 30.0 Å². The van der Waals surface area contributed by atoms with Gasteiger partial charge in [0.2, 0.25) is 5.91 Å². The fourth-order valence-electron chi connectivity index (χ4n) is 2.39. The maximum atomic E-state index is 12.1. The first-order valence-electron chi connectivity index (χ1n) is 8.90. The molecule has 0 unspecified atom stereocenters. The highest BCUT2D eigenvalue weighted by molar-refractivity contribution is 7.99. The van der Waals surface area contributed by atoms with Gasteiger partial charge >= 0.3 is 11.7 Å². The Balaban J connectivity index is 1.83. The van der Waals surface area contributed by atoms with Crippen LogP contribution in [0.3, 0.4) is 0 Å². The summed E-state index contributed by atoms with van der Waals surface area (Å²) in [5.74, 6) is 0.220. The lowest BCUT2D eigenvalue weighted by Crippen LogP contribution is -2.14. The lowest BCUT2D eigenvalue weighted by molar-refractivity contribution is -0.385. The molecule has 1 amide bonds. The third kappa shape index (κ3) is 6.79. The first-order valence-corrected chi connectivity index (χ1v) is 10.1. The van der Waals surface area contributed by atoms with Gasteiger partial charge in [0.25, 0.3) is 0 Å². The number of methoxy groups -OCH3 is 1.